The molecule has 2 aliphatic rings. The van der Waals surface area contributed by atoms with Gasteiger partial charge in [0.05, 0.1) is 0 Å². The van der Waals surface area contributed by atoms with Gasteiger partial charge in [0, 0.05) is 0 Å². The second-order valence-corrected chi connectivity index (χ2v) is 1.70. The topological polar surface area (TPSA) is 29.5 Å². The maximum absolute atomic E-state index is 8.86. The fraction of sp³-hybridized carbons (Fsp3) is 0. The summed E-state index contributed by atoms with van der Waals surface area (Å²) in [5, 5.41) is 8.86. The highest BCUT2D eigenvalue weighted by Crippen LogP contribution is 2.47. The average molecular weight is 108 g/mol. The summed E-state index contributed by atoms with van der Waals surface area (Å²) in [5.74, 6) is 1.46. The molecule has 0 fully saturated rings. The van der Waals surface area contributed by atoms with Crippen molar-refractivity contribution in [3.8, 4) is 17.2 Å². The molecule has 1 N–H and O–H groups in total. The van der Waals surface area contributed by atoms with E-state index in [4.69, 9.17) is 9.84 Å². The maximum atomic E-state index is 8.86. The second kappa shape index (κ2) is 0.968. The maximum Gasteiger partial charge on any atom is 0.202 e. The van der Waals surface area contributed by atoms with Crippen LogP contribution >= 0.6 is 0 Å². The summed E-state index contributed by atoms with van der Waals surface area (Å²) in [5.41, 5.74) is 0. The van der Waals surface area contributed by atoms with Crippen molar-refractivity contribution in [2.24, 2.45) is 0 Å². The van der Waals surface area contributed by atoms with E-state index in [-0.39, 0.29) is 5.75 Å². The van der Waals surface area contributed by atoms with Gasteiger partial charge in [0.25, 0.3) is 0 Å². The second-order valence-electron chi connectivity index (χ2n) is 1.70. The minimum absolute atomic E-state index is 0.285. The number of para-hydroxylation sites is 1. The monoisotopic (exact) mass is 108 g/mol. The van der Waals surface area contributed by atoms with Crippen LogP contribution in [0.3, 0.4) is 0 Å². The largest absolute Gasteiger partial charge is 0.502 e. The lowest BCUT2D eigenvalue weighted by Gasteiger charge is -2.17. The van der Waals surface area contributed by atoms with Crippen LogP contribution < -0.4 is 4.74 Å². The zero-order valence-corrected chi connectivity index (χ0v) is 4.09. The quantitative estimate of drug-likeness (QED) is 0.554. The molecule has 0 aliphatic carbocycles. The molecule has 0 amide bonds. The Labute approximate surface area is 46.3 Å². The van der Waals surface area contributed by atoms with Crippen LogP contribution in [-0.2, 0) is 0 Å². The molecule has 2 heterocycles. The number of fused-ring (bicyclic) bond motifs is 2. The van der Waals surface area contributed by atoms with Gasteiger partial charge in [-0.25, -0.2) is 0 Å². The van der Waals surface area contributed by atoms with E-state index in [0.29, 0.717) is 11.5 Å². The first kappa shape index (κ1) is 3.78. The van der Waals surface area contributed by atoms with Gasteiger partial charge in [-0.1, -0.05) is 6.07 Å². The first-order valence-corrected chi connectivity index (χ1v) is 2.38. The number of rotatable bonds is 0. The van der Waals surface area contributed by atoms with Gasteiger partial charge in [0.2, 0.25) is 5.75 Å². The lowest BCUT2D eigenvalue weighted by atomic mass is 10.2. The third kappa shape index (κ3) is 0.249. The van der Waals surface area contributed by atoms with Gasteiger partial charge in [-0.2, -0.15) is 0 Å². The third-order valence-corrected chi connectivity index (χ3v) is 1.18. The summed E-state index contributed by atoms with van der Waals surface area (Å²) in [7, 11) is 0. The number of aromatic hydroxyl groups is 1. The number of phenolic OH excluding ortho intramolecular Hbond substituents is 1. The summed E-state index contributed by atoms with van der Waals surface area (Å²) in [6.07, 6.45) is 0. The molecule has 3 rings (SSSR count). The summed E-state index contributed by atoms with van der Waals surface area (Å²) >= 11 is 0. The lowest BCUT2D eigenvalue weighted by Crippen LogP contribution is -1.94. The highest BCUT2D eigenvalue weighted by atomic mass is 16.5. The van der Waals surface area contributed by atoms with Crippen molar-refractivity contribution in [3.63, 3.8) is 0 Å². The van der Waals surface area contributed by atoms with Gasteiger partial charge >= 0.3 is 0 Å². The van der Waals surface area contributed by atoms with Crippen LogP contribution in [-0.4, -0.2) is 5.11 Å². The molecule has 1 aromatic carbocycles. The predicted octanol–water partition coefficient (Wildman–Crippen LogP) is 1.50. The van der Waals surface area contributed by atoms with Gasteiger partial charge in [0.15, 0.2) is 11.5 Å². The first-order chi connectivity index (χ1) is 3.88. The van der Waals surface area contributed by atoms with Crippen LogP contribution in [0, 0.1) is 0 Å². The van der Waals surface area contributed by atoms with E-state index in [0.717, 1.165) is 0 Å². The van der Waals surface area contributed by atoms with Crippen molar-refractivity contribution < 1.29 is 9.84 Å². The van der Waals surface area contributed by atoms with E-state index >= 15 is 0 Å². The summed E-state index contributed by atoms with van der Waals surface area (Å²) < 4.78 is 4.89. The standard InChI is InChI=1S/C6H4O2/c7-6-4-2-1-3-5(6)8-4/h1-3,7H. The van der Waals surface area contributed by atoms with E-state index in [1.54, 1.807) is 12.1 Å². The molecule has 2 heteroatoms. The Morgan fingerprint density at radius 3 is 2.12 bits per heavy atom. The van der Waals surface area contributed by atoms with Crippen molar-refractivity contribution in [1.29, 1.82) is 0 Å². The average Bonchev–Trinajstić information content (AvgIpc) is 1.89. The summed E-state index contributed by atoms with van der Waals surface area (Å²) in [6.45, 7) is 0. The van der Waals surface area contributed by atoms with Crippen LogP contribution in [0.4, 0.5) is 0 Å². The molecule has 0 saturated heterocycles. The molecule has 40 valence electrons. The van der Waals surface area contributed by atoms with Crippen LogP contribution in [0.5, 0.6) is 17.2 Å². The van der Waals surface area contributed by atoms with Crippen molar-refractivity contribution in [2.45, 2.75) is 0 Å². The molecule has 1 aromatic rings. The lowest BCUT2D eigenvalue weighted by molar-refractivity contribution is 0.334. The molecular formula is C6H4O2. The molecule has 0 atom stereocenters. The Balaban J connectivity index is 2.75. The summed E-state index contributed by atoms with van der Waals surface area (Å²) in [4.78, 5) is 0. The van der Waals surface area contributed by atoms with Crippen LogP contribution in [0.15, 0.2) is 18.2 Å². The number of benzene rings is 1. The highest BCUT2D eigenvalue weighted by molar-refractivity contribution is 5.59. The first-order valence-electron chi connectivity index (χ1n) is 2.38. The molecule has 2 aliphatic heterocycles. The van der Waals surface area contributed by atoms with Gasteiger partial charge in [-0.3, -0.25) is 0 Å². The van der Waals surface area contributed by atoms with E-state index in [1.807, 2.05) is 6.07 Å². The fourth-order valence-electron chi connectivity index (χ4n) is 0.739. The Morgan fingerprint density at radius 1 is 1.25 bits per heavy atom. The van der Waals surface area contributed by atoms with Crippen LogP contribution in [0.25, 0.3) is 0 Å². The molecular weight excluding hydrogens is 104 g/mol. The van der Waals surface area contributed by atoms with Crippen molar-refractivity contribution in [3.05, 3.63) is 18.2 Å². The number of hydrogen-bond donors (Lipinski definition) is 1. The van der Waals surface area contributed by atoms with Gasteiger partial charge in [0.1, 0.15) is 0 Å². The molecule has 0 aromatic heterocycles. The molecule has 8 heavy (non-hydrogen) atoms. The third-order valence-electron chi connectivity index (χ3n) is 1.18. The normalized spacial score (nSPS) is 12.0. The Kier molecular flexibility index (Phi) is 0.457. The fourth-order valence-corrected chi connectivity index (χ4v) is 0.739. The molecule has 2 nitrogen and oxygen atoms in total. The van der Waals surface area contributed by atoms with Gasteiger partial charge in [-0.05, 0) is 12.1 Å². The van der Waals surface area contributed by atoms with Crippen molar-refractivity contribution in [2.75, 3.05) is 0 Å². The molecule has 0 radical (unpaired) electrons. The Hall–Kier alpha value is -1.18. The van der Waals surface area contributed by atoms with Gasteiger partial charge < -0.3 is 9.84 Å². The molecule has 2 bridgehead atoms. The van der Waals surface area contributed by atoms with E-state index in [9.17, 15) is 0 Å². The smallest absolute Gasteiger partial charge is 0.202 e. The predicted molar refractivity (Wildman–Crippen MR) is 28.2 cm³/mol. The highest BCUT2D eigenvalue weighted by Gasteiger charge is 2.18. The van der Waals surface area contributed by atoms with E-state index < -0.39 is 0 Å². The number of ether oxygens (including phenoxy) is 1. The Bertz CT molecular complexity index is 210. The van der Waals surface area contributed by atoms with E-state index in [2.05, 4.69) is 0 Å². The van der Waals surface area contributed by atoms with Crippen LogP contribution in [0.1, 0.15) is 0 Å². The zero-order valence-electron chi connectivity index (χ0n) is 4.09. The van der Waals surface area contributed by atoms with Gasteiger partial charge in [-0.15, -0.1) is 0 Å². The molecule has 0 unspecified atom stereocenters. The van der Waals surface area contributed by atoms with Crippen molar-refractivity contribution >= 4 is 0 Å². The molecule has 0 spiro atoms. The zero-order chi connectivity index (χ0) is 5.56. The minimum Gasteiger partial charge on any atom is -0.502 e. The SMILES string of the molecule is Oc1c2cccc1O2. The van der Waals surface area contributed by atoms with Crippen LogP contribution in [0.2, 0.25) is 0 Å². The van der Waals surface area contributed by atoms with E-state index in [1.165, 1.54) is 0 Å². The van der Waals surface area contributed by atoms with Crippen molar-refractivity contribution in [1.82, 2.24) is 0 Å². The number of hydrogen-bond acceptors (Lipinski definition) is 2. The molecule has 0 saturated carbocycles. The number of phenols is 1. The summed E-state index contributed by atoms with van der Waals surface area (Å²) in [6, 6.07) is 5.29. The Morgan fingerprint density at radius 2 is 1.88 bits per heavy atom. The minimum atomic E-state index is 0.285.